The molecule has 0 atom stereocenters. The molecule has 1 heterocycles. The number of hydrogen-bond acceptors (Lipinski definition) is 3. The number of nitrogens with one attached hydrogen (secondary N) is 1. The predicted octanol–water partition coefficient (Wildman–Crippen LogP) is 4.04. The van der Waals surface area contributed by atoms with Crippen LogP contribution >= 0.6 is 11.6 Å². The van der Waals surface area contributed by atoms with Crippen LogP contribution in [-0.2, 0) is 7.05 Å². The number of aryl methyl sites for hydroxylation is 1. The standard InChI is InChI=1S/C17H14ClN3O/c1-21-15-5-3-2-4-14(15)20-17(21)19-11-10-16(22)12-6-8-13(18)9-7-12/h2-11H,1H3,(H,19,20)/b11-10+. The Hall–Kier alpha value is -2.59. The molecule has 0 spiro atoms. The Morgan fingerprint density at radius 1 is 1.18 bits per heavy atom. The minimum Gasteiger partial charge on any atom is -0.332 e. The number of nitrogens with zero attached hydrogens (tertiary/aromatic N) is 2. The molecule has 0 aliphatic heterocycles. The largest absolute Gasteiger partial charge is 0.332 e. The van der Waals surface area contributed by atoms with Gasteiger partial charge in [-0.1, -0.05) is 23.7 Å². The second-order valence-electron chi connectivity index (χ2n) is 4.83. The van der Waals surface area contributed by atoms with E-state index in [2.05, 4.69) is 10.3 Å². The minimum atomic E-state index is -0.0945. The first-order valence-corrected chi connectivity index (χ1v) is 7.17. The Bertz CT molecular complexity index is 850. The van der Waals surface area contributed by atoms with Crippen molar-refractivity contribution in [3.05, 3.63) is 71.4 Å². The van der Waals surface area contributed by atoms with E-state index in [4.69, 9.17) is 11.6 Å². The first-order valence-electron chi connectivity index (χ1n) is 6.79. The molecule has 3 aromatic rings. The monoisotopic (exact) mass is 311 g/mol. The topological polar surface area (TPSA) is 46.9 Å². The van der Waals surface area contributed by atoms with Gasteiger partial charge >= 0.3 is 0 Å². The molecule has 0 fully saturated rings. The Kier molecular flexibility index (Phi) is 3.94. The highest BCUT2D eigenvalue weighted by Crippen LogP contribution is 2.17. The van der Waals surface area contributed by atoms with Crippen molar-refractivity contribution in [2.45, 2.75) is 0 Å². The van der Waals surface area contributed by atoms with Crippen LogP contribution in [0.1, 0.15) is 10.4 Å². The first-order chi connectivity index (χ1) is 10.6. The van der Waals surface area contributed by atoms with Gasteiger partial charge in [-0.3, -0.25) is 4.79 Å². The lowest BCUT2D eigenvalue weighted by Gasteiger charge is -2.01. The van der Waals surface area contributed by atoms with Gasteiger partial charge in [-0.05, 0) is 36.4 Å². The molecular weight excluding hydrogens is 298 g/mol. The van der Waals surface area contributed by atoms with E-state index in [9.17, 15) is 4.79 Å². The average molecular weight is 312 g/mol. The maximum absolute atomic E-state index is 12.0. The summed E-state index contributed by atoms with van der Waals surface area (Å²) in [6.45, 7) is 0. The van der Waals surface area contributed by atoms with Crippen LogP contribution in [0.15, 0.2) is 60.8 Å². The summed E-state index contributed by atoms with van der Waals surface area (Å²) in [5.74, 6) is 0.587. The number of rotatable bonds is 4. The zero-order valence-corrected chi connectivity index (χ0v) is 12.7. The van der Waals surface area contributed by atoms with Crippen molar-refractivity contribution in [3.63, 3.8) is 0 Å². The second kappa shape index (κ2) is 6.03. The molecule has 0 unspecified atom stereocenters. The summed E-state index contributed by atoms with van der Waals surface area (Å²) in [7, 11) is 1.92. The third kappa shape index (κ3) is 2.87. The van der Waals surface area contributed by atoms with Crippen LogP contribution < -0.4 is 5.32 Å². The quantitative estimate of drug-likeness (QED) is 0.584. The van der Waals surface area contributed by atoms with Crippen LogP contribution in [0.2, 0.25) is 5.02 Å². The molecule has 3 rings (SSSR count). The van der Waals surface area contributed by atoms with E-state index in [1.165, 1.54) is 6.08 Å². The van der Waals surface area contributed by atoms with E-state index in [1.807, 2.05) is 35.9 Å². The molecule has 0 aliphatic rings. The van der Waals surface area contributed by atoms with Crippen LogP contribution in [0.3, 0.4) is 0 Å². The smallest absolute Gasteiger partial charge is 0.207 e. The average Bonchev–Trinajstić information content (AvgIpc) is 2.85. The predicted molar refractivity (Wildman–Crippen MR) is 89.3 cm³/mol. The number of allylic oxidation sites excluding steroid dienone is 1. The lowest BCUT2D eigenvalue weighted by atomic mass is 10.1. The molecule has 110 valence electrons. The molecule has 2 aromatic carbocycles. The van der Waals surface area contributed by atoms with Gasteiger partial charge in [-0.2, -0.15) is 0 Å². The summed E-state index contributed by atoms with van der Waals surface area (Å²) in [5.41, 5.74) is 2.53. The van der Waals surface area contributed by atoms with Crippen molar-refractivity contribution < 1.29 is 4.79 Å². The summed E-state index contributed by atoms with van der Waals surface area (Å²) in [4.78, 5) is 16.5. The van der Waals surface area contributed by atoms with Gasteiger partial charge in [0.15, 0.2) is 5.78 Å². The molecule has 5 heteroatoms. The van der Waals surface area contributed by atoms with Gasteiger partial charge in [-0.15, -0.1) is 0 Å². The van der Waals surface area contributed by atoms with Gasteiger partial charge in [0.25, 0.3) is 0 Å². The van der Waals surface area contributed by atoms with Gasteiger partial charge in [0, 0.05) is 29.9 Å². The van der Waals surface area contributed by atoms with Gasteiger partial charge < -0.3 is 9.88 Å². The fourth-order valence-electron chi connectivity index (χ4n) is 2.18. The number of imidazole rings is 1. The van der Waals surface area contributed by atoms with Crippen LogP contribution in [-0.4, -0.2) is 15.3 Å². The summed E-state index contributed by atoms with van der Waals surface area (Å²) in [6, 6.07) is 14.6. The van der Waals surface area contributed by atoms with Crippen LogP contribution in [0.25, 0.3) is 11.0 Å². The molecule has 0 amide bonds. The molecule has 0 saturated carbocycles. The number of aromatic nitrogens is 2. The Balaban J connectivity index is 1.74. The van der Waals surface area contributed by atoms with Crippen molar-refractivity contribution in [1.29, 1.82) is 0 Å². The van der Waals surface area contributed by atoms with E-state index >= 15 is 0 Å². The van der Waals surface area contributed by atoms with Crippen molar-refractivity contribution in [2.24, 2.45) is 7.05 Å². The summed E-state index contributed by atoms with van der Waals surface area (Å²) < 4.78 is 1.94. The lowest BCUT2D eigenvalue weighted by molar-refractivity contribution is 0.104. The first kappa shape index (κ1) is 14.4. The molecular formula is C17H14ClN3O. The van der Waals surface area contributed by atoms with E-state index < -0.39 is 0 Å². The van der Waals surface area contributed by atoms with Crippen LogP contribution in [0, 0.1) is 0 Å². The number of halogens is 1. The highest BCUT2D eigenvalue weighted by Gasteiger charge is 2.05. The zero-order chi connectivity index (χ0) is 15.5. The summed E-state index contributed by atoms with van der Waals surface area (Å²) in [6.07, 6.45) is 3.07. The number of carbonyl (C=O) groups is 1. The number of para-hydroxylation sites is 2. The molecule has 0 saturated heterocycles. The second-order valence-corrected chi connectivity index (χ2v) is 5.27. The lowest BCUT2D eigenvalue weighted by Crippen LogP contribution is -2.00. The SMILES string of the molecule is Cn1c(N/C=C/C(=O)c2ccc(Cl)cc2)nc2ccccc21. The fraction of sp³-hybridized carbons (Fsp3) is 0.0588. The van der Waals surface area contributed by atoms with E-state index in [0.717, 1.165) is 11.0 Å². The summed E-state index contributed by atoms with van der Waals surface area (Å²) in [5, 5.41) is 3.65. The summed E-state index contributed by atoms with van der Waals surface area (Å²) >= 11 is 5.80. The molecule has 1 N–H and O–H groups in total. The number of benzene rings is 2. The molecule has 0 aliphatic carbocycles. The van der Waals surface area contributed by atoms with Crippen LogP contribution in [0.4, 0.5) is 5.95 Å². The molecule has 0 radical (unpaired) electrons. The number of fused-ring (bicyclic) bond motifs is 1. The number of carbonyl (C=O) groups excluding carboxylic acids is 1. The Morgan fingerprint density at radius 3 is 2.64 bits per heavy atom. The van der Waals surface area contributed by atoms with Gasteiger partial charge in [0.05, 0.1) is 11.0 Å². The van der Waals surface area contributed by atoms with Crippen molar-refractivity contribution >= 4 is 34.4 Å². The highest BCUT2D eigenvalue weighted by molar-refractivity contribution is 6.30. The normalized spacial score (nSPS) is 11.2. The van der Waals surface area contributed by atoms with E-state index in [-0.39, 0.29) is 5.78 Å². The van der Waals surface area contributed by atoms with E-state index in [0.29, 0.717) is 16.5 Å². The Labute approximate surface area is 133 Å². The fourth-order valence-corrected chi connectivity index (χ4v) is 2.30. The zero-order valence-electron chi connectivity index (χ0n) is 12.0. The van der Waals surface area contributed by atoms with Crippen molar-refractivity contribution in [1.82, 2.24) is 9.55 Å². The van der Waals surface area contributed by atoms with Crippen molar-refractivity contribution in [2.75, 3.05) is 5.32 Å². The van der Waals surface area contributed by atoms with Gasteiger partial charge in [-0.25, -0.2) is 4.98 Å². The molecule has 4 nitrogen and oxygen atoms in total. The van der Waals surface area contributed by atoms with E-state index in [1.54, 1.807) is 30.5 Å². The Morgan fingerprint density at radius 2 is 1.91 bits per heavy atom. The third-order valence-electron chi connectivity index (χ3n) is 3.36. The molecule has 1 aromatic heterocycles. The number of hydrogen-bond donors (Lipinski definition) is 1. The highest BCUT2D eigenvalue weighted by atomic mass is 35.5. The van der Waals surface area contributed by atoms with Gasteiger partial charge in [0.2, 0.25) is 5.95 Å². The maximum Gasteiger partial charge on any atom is 0.207 e. The van der Waals surface area contributed by atoms with Gasteiger partial charge in [0.1, 0.15) is 0 Å². The van der Waals surface area contributed by atoms with Crippen molar-refractivity contribution in [3.8, 4) is 0 Å². The maximum atomic E-state index is 12.0. The number of ketones is 1. The number of anilines is 1. The third-order valence-corrected chi connectivity index (χ3v) is 3.62. The minimum absolute atomic E-state index is 0.0945. The molecule has 0 bridgehead atoms. The van der Waals surface area contributed by atoms with Crippen LogP contribution in [0.5, 0.6) is 0 Å². The molecule has 22 heavy (non-hydrogen) atoms.